The monoisotopic (exact) mass is 279 g/mol. The number of anilines is 1. The van der Waals surface area contributed by atoms with Gasteiger partial charge in [0.2, 0.25) is 5.95 Å². The SMILES string of the molecule is Nc1nc2c(ncn2[C@@H]2CC[C@H](CO)[C@H]2CO)c(=O)[nH]1. The van der Waals surface area contributed by atoms with E-state index in [1.807, 2.05) is 0 Å². The lowest BCUT2D eigenvalue weighted by Crippen LogP contribution is -2.24. The van der Waals surface area contributed by atoms with Crippen molar-refractivity contribution < 1.29 is 10.2 Å². The van der Waals surface area contributed by atoms with Gasteiger partial charge in [0.1, 0.15) is 0 Å². The largest absolute Gasteiger partial charge is 0.396 e. The highest BCUT2D eigenvalue weighted by Crippen LogP contribution is 2.40. The van der Waals surface area contributed by atoms with Crippen molar-refractivity contribution in [1.29, 1.82) is 0 Å². The first kappa shape index (κ1) is 13.1. The molecule has 3 atom stereocenters. The van der Waals surface area contributed by atoms with E-state index in [1.54, 1.807) is 10.9 Å². The molecule has 2 aromatic rings. The molecule has 0 aromatic carbocycles. The molecule has 0 saturated heterocycles. The van der Waals surface area contributed by atoms with E-state index in [0.29, 0.717) is 5.65 Å². The van der Waals surface area contributed by atoms with Gasteiger partial charge in [-0.1, -0.05) is 0 Å². The zero-order valence-electron chi connectivity index (χ0n) is 10.9. The maximum atomic E-state index is 11.8. The molecule has 108 valence electrons. The molecule has 0 aliphatic heterocycles. The quantitative estimate of drug-likeness (QED) is 0.585. The number of hydrogen-bond donors (Lipinski definition) is 4. The Morgan fingerprint density at radius 2 is 2.20 bits per heavy atom. The summed E-state index contributed by atoms with van der Waals surface area (Å²) < 4.78 is 1.79. The van der Waals surface area contributed by atoms with Gasteiger partial charge in [-0.15, -0.1) is 0 Å². The van der Waals surface area contributed by atoms with Gasteiger partial charge < -0.3 is 20.5 Å². The van der Waals surface area contributed by atoms with Crippen molar-refractivity contribution in [3.8, 4) is 0 Å². The van der Waals surface area contributed by atoms with Crippen LogP contribution in [0.15, 0.2) is 11.1 Å². The first-order valence-electron chi connectivity index (χ1n) is 6.59. The van der Waals surface area contributed by atoms with Crippen molar-refractivity contribution in [3.63, 3.8) is 0 Å². The summed E-state index contributed by atoms with van der Waals surface area (Å²) in [7, 11) is 0. The van der Waals surface area contributed by atoms with Gasteiger partial charge in [0, 0.05) is 25.2 Å². The summed E-state index contributed by atoms with van der Waals surface area (Å²) >= 11 is 0. The van der Waals surface area contributed by atoms with Crippen LogP contribution in [-0.4, -0.2) is 42.9 Å². The number of aromatic amines is 1. The zero-order valence-corrected chi connectivity index (χ0v) is 10.9. The highest BCUT2D eigenvalue weighted by Gasteiger charge is 2.37. The molecule has 1 aliphatic rings. The topological polar surface area (TPSA) is 130 Å². The Morgan fingerprint density at radius 3 is 2.90 bits per heavy atom. The van der Waals surface area contributed by atoms with E-state index >= 15 is 0 Å². The number of rotatable bonds is 3. The number of nitrogens with zero attached hydrogens (tertiary/aromatic N) is 3. The number of nitrogens with one attached hydrogen (secondary N) is 1. The van der Waals surface area contributed by atoms with Crippen molar-refractivity contribution >= 4 is 17.1 Å². The first-order valence-corrected chi connectivity index (χ1v) is 6.59. The second-order valence-electron chi connectivity index (χ2n) is 5.21. The summed E-state index contributed by atoms with van der Waals surface area (Å²) in [6.07, 6.45) is 3.18. The van der Waals surface area contributed by atoms with Crippen LogP contribution in [0, 0.1) is 11.8 Å². The van der Waals surface area contributed by atoms with E-state index in [1.165, 1.54) is 0 Å². The van der Waals surface area contributed by atoms with Crippen LogP contribution in [0.5, 0.6) is 0 Å². The predicted molar refractivity (Wildman–Crippen MR) is 72.0 cm³/mol. The van der Waals surface area contributed by atoms with Crippen molar-refractivity contribution in [1.82, 2.24) is 19.5 Å². The minimum absolute atomic E-state index is 0.0196. The third-order valence-electron chi connectivity index (χ3n) is 4.19. The maximum Gasteiger partial charge on any atom is 0.280 e. The molecule has 3 rings (SSSR count). The van der Waals surface area contributed by atoms with Crippen LogP contribution in [0.4, 0.5) is 5.95 Å². The van der Waals surface area contributed by atoms with Crippen LogP contribution in [0.1, 0.15) is 18.9 Å². The molecule has 1 aliphatic carbocycles. The zero-order chi connectivity index (χ0) is 14.3. The minimum Gasteiger partial charge on any atom is -0.396 e. The van der Waals surface area contributed by atoms with Gasteiger partial charge in [0.05, 0.1) is 6.33 Å². The number of nitrogens with two attached hydrogens (primary N) is 1. The number of hydrogen-bond acceptors (Lipinski definition) is 6. The van der Waals surface area contributed by atoms with E-state index in [2.05, 4.69) is 15.0 Å². The Balaban J connectivity index is 2.09. The lowest BCUT2D eigenvalue weighted by Gasteiger charge is -2.22. The van der Waals surface area contributed by atoms with E-state index in [9.17, 15) is 15.0 Å². The standard InChI is InChI=1S/C12H17N5O3/c13-12-15-10-9(11(20)16-12)14-5-17(10)8-2-1-6(3-18)7(8)4-19/h5-8,18-19H,1-4H2,(H3,13,15,16,20)/t6-,7-,8-/m1/s1. The third-order valence-corrected chi connectivity index (χ3v) is 4.19. The van der Waals surface area contributed by atoms with Crippen LogP contribution in [0.25, 0.3) is 11.2 Å². The number of nitrogen functional groups attached to an aromatic ring is 1. The molecule has 1 fully saturated rings. The summed E-state index contributed by atoms with van der Waals surface area (Å²) in [5.74, 6) is 0.0306. The Labute approximate surface area is 114 Å². The van der Waals surface area contributed by atoms with Gasteiger partial charge >= 0.3 is 0 Å². The fourth-order valence-electron chi connectivity index (χ4n) is 3.16. The molecule has 2 heterocycles. The molecule has 0 radical (unpaired) electrons. The maximum absolute atomic E-state index is 11.8. The lowest BCUT2D eigenvalue weighted by molar-refractivity contribution is 0.121. The number of aliphatic hydroxyl groups excluding tert-OH is 2. The Hall–Kier alpha value is -1.93. The smallest absolute Gasteiger partial charge is 0.280 e. The Morgan fingerprint density at radius 1 is 1.40 bits per heavy atom. The second-order valence-corrected chi connectivity index (χ2v) is 5.21. The van der Waals surface area contributed by atoms with Crippen molar-refractivity contribution in [2.24, 2.45) is 11.8 Å². The Kier molecular flexibility index (Phi) is 3.19. The minimum atomic E-state index is -0.372. The molecular weight excluding hydrogens is 262 g/mol. The van der Waals surface area contributed by atoms with E-state index in [4.69, 9.17) is 5.73 Å². The van der Waals surface area contributed by atoms with Crippen LogP contribution < -0.4 is 11.3 Å². The summed E-state index contributed by atoms with van der Waals surface area (Å²) in [5, 5.41) is 18.9. The van der Waals surface area contributed by atoms with Gasteiger partial charge in [0.15, 0.2) is 11.2 Å². The third kappa shape index (κ3) is 1.88. The van der Waals surface area contributed by atoms with Crippen molar-refractivity contribution in [2.45, 2.75) is 18.9 Å². The second kappa shape index (κ2) is 4.88. The number of aromatic nitrogens is 4. The van der Waals surface area contributed by atoms with Crippen LogP contribution in [0.2, 0.25) is 0 Å². The molecule has 5 N–H and O–H groups in total. The van der Waals surface area contributed by atoms with E-state index < -0.39 is 0 Å². The highest BCUT2D eigenvalue weighted by molar-refractivity contribution is 5.70. The summed E-state index contributed by atoms with van der Waals surface area (Å²) in [6.45, 7) is 0.0265. The number of aliphatic hydroxyl groups is 2. The van der Waals surface area contributed by atoms with Crippen LogP contribution >= 0.6 is 0 Å². The molecule has 2 aromatic heterocycles. The van der Waals surface area contributed by atoms with Gasteiger partial charge in [-0.25, -0.2) is 4.98 Å². The van der Waals surface area contributed by atoms with Gasteiger partial charge in [-0.05, 0) is 18.8 Å². The van der Waals surface area contributed by atoms with Gasteiger partial charge in [-0.2, -0.15) is 4.98 Å². The molecule has 8 nitrogen and oxygen atoms in total. The van der Waals surface area contributed by atoms with E-state index in [-0.39, 0.29) is 48.1 Å². The summed E-state index contributed by atoms with van der Waals surface area (Å²) in [4.78, 5) is 22.4. The fourth-order valence-corrected chi connectivity index (χ4v) is 3.16. The van der Waals surface area contributed by atoms with Gasteiger partial charge in [-0.3, -0.25) is 9.78 Å². The van der Waals surface area contributed by atoms with Crippen molar-refractivity contribution in [3.05, 3.63) is 16.7 Å². The number of H-pyrrole nitrogens is 1. The molecule has 0 spiro atoms. The normalized spacial score (nSPS) is 26.4. The average molecular weight is 279 g/mol. The molecule has 20 heavy (non-hydrogen) atoms. The first-order chi connectivity index (χ1) is 9.65. The summed E-state index contributed by atoms with van der Waals surface area (Å²) in [6, 6.07) is -0.0316. The van der Waals surface area contributed by atoms with Crippen molar-refractivity contribution in [2.75, 3.05) is 18.9 Å². The Bertz CT molecular complexity index is 679. The molecule has 0 bridgehead atoms. The van der Waals surface area contributed by atoms with E-state index in [0.717, 1.165) is 12.8 Å². The number of imidazole rings is 1. The lowest BCUT2D eigenvalue weighted by atomic mass is 9.95. The molecule has 0 amide bonds. The molecular formula is C12H17N5O3. The van der Waals surface area contributed by atoms with Gasteiger partial charge in [0.25, 0.3) is 5.56 Å². The fraction of sp³-hybridized carbons (Fsp3) is 0.583. The highest BCUT2D eigenvalue weighted by atomic mass is 16.3. The molecule has 1 saturated carbocycles. The predicted octanol–water partition coefficient (Wildman–Crippen LogP) is -0.746. The average Bonchev–Trinajstić information content (AvgIpc) is 3.00. The number of fused-ring (bicyclic) bond motifs is 1. The van der Waals surface area contributed by atoms with Crippen LogP contribution in [-0.2, 0) is 0 Å². The summed E-state index contributed by atoms with van der Waals surface area (Å²) in [5.41, 5.74) is 5.87. The van der Waals surface area contributed by atoms with Crippen LogP contribution in [0.3, 0.4) is 0 Å². The molecule has 8 heteroatoms. The molecule has 0 unspecified atom stereocenters.